The van der Waals surface area contributed by atoms with E-state index in [4.69, 9.17) is 10.5 Å². The summed E-state index contributed by atoms with van der Waals surface area (Å²) in [7, 11) is 1.76. The molecule has 0 amide bonds. The fourth-order valence-electron chi connectivity index (χ4n) is 2.28. The molecule has 1 aliphatic rings. The third kappa shape index (κ3) is 3.70. The first kappa shape index (κ1) is 13.9. The van der Waals surface area contributed by atoms with Crippen molar-refractivity contribution in [2.75, 3.05) is 26.7 Å². The van der Waals surface area contributed by atoms with Crippen LogP contribution in [0, 0.1) is 0 Å². The topological polar surface area (TPSA) is 58.7 Å². The average Bonchev–Trinajstić information content (AvgIpc) is 2.29. The van der Waals surface area contributed by atoms with Gasteiger partial charge in [-0.3, -0.25) is 4.90 Å². The van der Waals surface area contributed by atoms with Gasteiger partial charge in [-0.1, -0.05) is 6.92 Å². The first-order chi connectivity index (χ1) is 7.52. The lowest BCUT2D eigenvalue weighted by Crippen LogP contribution is -2.53. The molecular formula is C12H26N2O2. The number of likely N-dealkylation sites (tertiary alicyclic amines) is 1. The highest BCUT2D eigenvalue weighted by Gasteiger charge is 2.31. The van der Waals surface area contributed by atoms with E-state index in [0.29, 0.717) is 25.2 Å². The normalized spacial score (nSPS) is 31.3. The largest absolute Gasteiger partial charge is 0.389 e. The maximum Gasteiger partial charge on any atom is 0.0743 e. The van der Waals surface area contributed by atoms with E-state index in [1.807, 2.05) is 13.8 Å². The Morgan fingerprint density at radius 1 is 1.56 bits per heavy atom. The third-order valence-electron chi connectivity index (χ3n) is 3.70. The fraction of sp³-hybridized carbons (Fsp3) is 1.00. The molecule has 16 heavy (non-hydrogen) atoms. The van der Waals surface area contributed by atoms with E-state index in [9.17, 15) is 5.11 Å². The summed E-state index contributed by atoms with van der Waals surface area (Å²) in [6.45, 7) is 6.22. The summed E-state index contributed by atoms with van der Waals surface area (Å²) in [6, 6.07) is 0.344. The van der Waals surface area contributed by atoms with Gasteiger partial charge in [0.1, 0.15) is 0 Å². The molecule has 4 nitrogen and oxygen atoms in total. The number of hydrogen-bond acceptors (Lipinski definition) is 4. The van der Waals surface area contributed by atoms with Crippen LogP contribution in [0.2, 0.25) is 0 Å². The molecule has 1 saturated heterocycles. The van der Waals surface area contributed by atoms with Crippen molar-refractivity contribution in [3.8, 4) is 0 Å². The van der Waals surface area contributed by atoms with E-state index < -0.39 is 5.60 Å². The SMILES string of the molecule is CCC(C)(O)CN1CCC(OC)CC1CN. The molecular weight excluding hydrogens is 204 g/mol. The number of methoxy groups -OCH3 is 1. The van der Waals surface area contributed by atoms with Crippen LogP contribution in [0.25, 0.3) is 0 Å². The van der Waals surface area contributed by atoms with Crippen molar-refractivity contribution < 1.29 is 9.84 Å². The molecule has 0 bridgehead atoms. The molecule has 1 aliphatic heterocycles. The van der Waals surface area contributed by atoms with E-state index in [0.717, 1.165) is 25.8 Å². The number of aliphatic hydroxyl groups is 1. The third-order valence-corrected chi connectivity index (χ3v) is 3.70. The Labute approximate surface area is 98.8 Å². The van der Waals surface area contributed by atoms with E-state index in [1.165, 1.54) is 0 Å². The highest BCUT2D eigenvalue weighted by Crippen LogP contribution is 2.22. The molecule has 3 unspecified atom stereocenters. The Balaban J connectivity index is 2.53. The molecule has 0 aliphatic carbocycles. The van der Waals surface area contributed by atoms with Gasteiger partial charge >= 0.3 is 0 Å². The lowest BCUT2D eigenvalue weighted by atomic mass is 9.95. The van der Waals surface area contributed by atoms with Gasteiger partial charge in [0.25, 0.3) is 0 Å². The molecule has 1 rings (SSSR count). The minimum atomic E-state index is -0.604. The molecule has 0 spiro atoms. The highest BCUT2D eigenvalue weighted by molar-refractivity contribution is 4.87. The smallest absolute Gasteiger partial charge is 0.0743 e. The maximum absolute atomic E-state index is 10.1. The predicted octanol–water partition coefficient (Wildman–Crippen LogP) is 0.586. The van der Waals surface area contributed by atoms with Crippen LogP contribution >= 0.6 is 0 Å². The van der Waals surface area contributed by atoms with E-state index in [-0.39, 0.29) is 0 Å². The summed E-state index contributed by atoms with van der Waals surface area (Å²) in [5.41, 5.74) is 5.19. The van der Waals surface area contributed by atoms with Crippen molar-refractivity contribution in [2.45, 2.75) is 50.9 Å². The van der Waals surface area contributed by atoms with Crippen LogP contribution in [-0.4, -0.2) is 54.5 Å². The molecule has 0 aromatic carbocycles. The number of piperidine rings is 1. The molecule has 96 valence electrons. The predicted molar refractivity (Wildman–Crippen MR) is 65.4 cm³/mol. The van der Waals surface area contributed by atoms with Gasteiger partial charge in [0.2, 0.25) is 0 Å². The number of rotatable bonds is 5. The van der Waals surface area contributed by atoms with Crippen LogP contribution in [-0.2, 0) is 4.74 Å². The molecule has 0 aromatic heterocycles. The van der Waals surface area contributed by atoms with E-state index >= 15 is 0 Å². The van der Waals surface area contributed by atoms with Crippen molar-refractivity contribution in [1.29, 1.82) is 0 Å². The summed E-state index contributed by atoms with van der Waals surface area (Å²) in [5.74, 6) is 0. The quantitative estimate of drug-likeness (QED) is 0.725. The number of β-amino-alcohol motifs (C(OH)–C–C–N with tert-alkyl or cyclic N) is 1. The molecule has 1 heterocycles. The zero-order valence-corrected chi connectivity index (χ0v) is 10.8. The van der Waals surface area contributed by atoms with E-state index in [2.05, 4.69) is 4.90 Å². The summed E-state index contributed by atoms with van der Waals surface area (Å²) >= 11 is 0. The second kappa shape index (κ2) is 5.96. The van der Waals surface area contributed by atoms with Gasteiger partial charge in [-0.25, -0.2) is 0 Å². The van der Waals surface area contributed by atoms with Crippen molar-refractivity contribution in [3.63, 3.8) is 0 Å². The fourth-order valence-corrected chi connectivity index (χ4v) is 2.28. The van der Waals surface area contributed by atoms with Gasteiger partial charge in [-0.05, 0) is 26.2 Å². The van der Waals surface area contributed by atoms with Crippen molar-refractivity contribution in [3.05, 3.63) is 0 Å². The van der Waals surface area contributed by atoms with E-state index in [1.54, 1.807) is 7.11 Å². The minimum absolute atomic E-state index is 0.330. The molecule has 3 atom stereocenters. The van der Waals surface area contributed by atoms with Crippen LogP contribution in [0.1, 0.15) is 33.1 Å². The summed E-state index contributed by atoms with van der Waals surface area (Å²) in [5, 5.41) is 10.1. The zero-order valence-electron chi connectivity index (χ0n) is 10.8. The second-order valence-electron chi connectivity index (χ2n) is 5.09. The van der Waals surface area contributed by atoms with Gasteiger partial charge in [0.05, 0.1) is 11.7 Å². The summed E-state index contributed by atoms with van der Waals surface area (Å²) in [4.78, 5) is 2.30. The number of ether oxygens (including phenoxy) is 1. The molecule has 0 saturated carbocycles. The number of nitrogens with two attached hydrogens (primary N) is 1. The Morgan fingerprint density at radius 3 is 2.75 bits per heavy atom. The monoisotopic (exact) mass is 230 g/mol. The Hall–Kier alpha value is -0.160. The van der Waals surface area contributed by atoms with Crippen LogP contribution in [0.3, 0.4) is 0 Å². The van der Waals surface area contributed by atoms with Crippen molar-refractivity contribution in [2.24, 2.45) is 5.73 Å². The van der Waals surface area contributed by atoms with Crippen molar-refractivity contribution >= 4 is 0 Å². The zero-order chi connectivity index (χ0) is 12.2. The van der Waals surface area contributed by atoms with Crippen LogP contribution in [0.5, 0.6) is 0 Å². The van der Waals surface area contributed by atoms with Gasteiger partial charge in [-0.15, -0.1) is 0 Å². The maximum atomic E-state index is 10.1. The second-order valence-corrected chi connectivity index (χ2v) is 5.09. The van der Waals surface area contributed by atoms with Gasteiger partial charge in [0.15, 0.2) is 0 Å². The number of nitrogens with zero attached hydrogens (tertiary/aromatic N) is 1. The van der Waals surface area contributed by atoms with Gasteiger partial charge in [0, 0.05) is 32.8 Å². The first-order valence-electron chi connectivity index (χ1n) is 6.21. The molecule has 4 heteroatoms. The highest BCUT2D eigenvalue weighted by atomic mass is 16.5. The van der Waals surface area contributed by atoms with Crippen LogP contribution in [0.15, 0.2) is 0 Å². The van der Waals surface area contributed by atoms with Gasteiger partial charge < -0.3 is 15.6 Å². The Morgan fingerprint density at radius 2 is 2.25 bits per heavy atom. The number of hydrogen-bond donors (Lipinski definition) is 2. The molecule has 0 radical (unpaired) electrons. The van der Waals surface area contributed by atoms with Crippen LogP contribution in [0.4, 0.5) is 0 Å². The molecule has 0 aromatic rings. The standard InChI is InChI=1S/C12H26N2O2/c1-4-12(2,15)9-14-6-5-11(16-3)7-10(14)8-13/h10-11,15H,4-9,13H2,1-3H3. The average molecular weight is 230 g/mol. The molecule has 3 N–H and O–H groups in total. The summed E-state index contributed by atoms with van der Waals surface area (Å²) in [6.07, 6.45) is 3.12. The van der Waals surface area contributed by atoms with Gasteiger partial charge in [-0.2, -0.15) is 0 Å². The Kier molecular flexibility index (Phi) is 5.18. The lowest BCUT2D eigenvalue weighted by molar-refractivity contribution is -0.0356. The Bertz CT molecular complexity index is 209. The molecule has 1 fully saturated rings. The van der Waals surface area contributed by atoms with Crippen molar-refractivity contribution in [1.82, 2.24) is 4.90 Å². The summed E-state index contributed by atoms with van der Waals surface area (Å²) < 4.78 is 5.38. The van der Waals surface area contributed by atoms with Crippen LogP contribution < -0.4 is 5.73 Å². The minimum Gasteiger partial charge on any atom is -0.389 e. The lowest BCUT2D eigenvalue weighted by Gasteiger charge is -2.41. The first-order valence-corrected chi connectivity index (χ1v) is 6.21.